The molecule has 0 aliphatic rings. The third-order valence-electron chi connectivity index (χ3n) is 2.31. The van der Waals surface area contributed by atoms with Gasteiger partial charge in [0, 0.05) is 25.2 Å². The van der Waals surface area contributed by atoms with Gasteiger partial charge in [-0.05, 0) is 19.9 Å². The first-order valence-corrected chi connectivity index (χ1v) is 5.77. The highest BCUT2D eigenvalue weighted by Crippen LogP contribution is 2.26. The Balaban J connectivity index is 2.60. The molecule has 0 fully saturated rings. The molecule has 16 heavy (non-hydrogen) atoms. The van der Waals surface area contributed by atoms with Crippen molar-refractivity contribution in [2.45, 2.75) is 13.8 Å². The van der Waals surface area contributed by atoms with E-state index in [1.165, 1.54) is 11.3 Å². The zero-order chi connectivity index (χ0) is 11.9. The van der Waals surface area contributed by atoms with E-state index in [0.717, 1.165) is 21.7 Å². The van der Waals surface area contributed by atoms with Crippen molar-refractivity contribution in [3.05, 3.63) is 22.5 Å². The number of rotatable bonds is 1. The van der Waals surface area contributed by atoms with Gasteiger partial charge >= 0.3 is 0 Å². The van der Waals surface area contributed by atoms with Gasteiger partial charge in [0.15, 0.2) is 0 Å². The summed E-state index contributed by atoms with van der Waals surface area (Å²) >= 11 is 1.42. The van der Waals surface area contributed by atoms with E-state index in [1.807, 2.05) is 19.9 Å². The molecule has 0 unspecified atom stereocenters. The van der Waals surface area contributed by atoms with E-state index in [4.69, 9.17) is 0 Å². The Hall–Kier alpha value is -1.49. The Morgan fingerprint density at radius 3 is 2.62 bits per heavy atom. The Morgan fingerprint density at radius 1 is 1.31 bits per heavy atom. The Kier molecular flexibility index (Phi) is 2.63. The summed E-state index contributed by atoms with van der Waals surface area (Å²) in [5.41, 5.74) is 0.927. The molecule has 1 amide bonds. The summed E-state index contributed by atoms with van der Waals surface area (Å²) in [7, 11) is 3.49. The molecule has 4 nitrogen and oxygen atoms in total. The summed E-state index contributed by atoms with van der Waals surface area (Å²) in [6.45, 7) is 3.80. The molecule has 2 rings (SSSR count). The van der Waals surface area contributed by atoms with Crippen LogP contribution in [0.1, 0.15) is 21.2 Å². The van der Waals surface area contributed by atoms with E-state index in [1.54, 1.807) is 19.0 Å². The quantitative estimate of drug-likeness (QED) is 0.759. The monoisotopic (exact) mass is 235 g/mol. The van der Waals surface area contributed by atoms with Crippen molar-refractivity contribution in [2.24, 2.45) is 0 Å². The third kappa shape index (κ3) is 1.78. The fraction of sp³-hybridized carbons (Fsp3) is 0.364. The second-order valence-electron chi connectivity index (χ2n) is 3.89. The lowest BCUT2D eigenvalue weighted by atomic mass is 10.3. The van der Waals surface area contributed by atoms with E-state index in [0.29, 0.717) is 4.88 Å². The van der Waals surface area contributed by atoms with Gasteiger partial charge in [-0.2, -0.15) is 0 Å². The molecule has 2 aromatic rings. The van der Waals surface area contributed by atoms with Crippen LogP contribution in [0.5, 0.6) is 0 Å². The lowest BCUT2D eigenvalue weighted by Crippen LogP contribution is -2.20. The summed E-state index contributed by atoms with van der Waals surface area (Å²) in [4.78, 5) is 23.6. The molecule has 0 aromatic carbocycles. The van der Waals surface area contributed by atoms with Crippen LogP contribution in [0.4, 0.5) is 0 Å². The van der Waals surface area contributed by atoms with Crippen molar-refractivity contribution < 1.29 is 4.79 Å². The molecule has 0 N–H and O–H groups in total. The number of fused-ring (bicyclic) bond motifs is 1. The van der Waals surface area contributed by atoms with Crippen LogP contribution in [-0.2, 0) is 0 Å². The van der Waals surface area contributed by atoms with E-state index >= 15 is 0 Å². The van der Waals surface area contributed by atoms with Crippen molar-refractivity contribution in [3.8, 4) is 0 Å². The smallest absolute Gasteiger partial charge is 0.263 e. The number of carbonyl (C=O) groups is 1. The van der Waals surface area contributed by atoms with Gasteiger partial charge in [0.1, 0.15) is 10.7 Å². The molecule has 0 radical (unpaired) electrons. The molecular weight excluding hydrogens is 222 g/mol. The molecule has 2 heterocycles. The summed E-state index contributed by atoms with van der Waals surface area (Å²) < 4.78 is 0. The maximum atomic E-state index is 11.8. The largest absolute Gasteiger partial charge is 0.344 e. The highest BCUT2D eigenvalue weighted by atomic mass is 32.1. The second kappa shape index (κ2) is 3.83. The molecule has 0 aliphatic heterocycles. The molecule has 0 atom stereocenters. The van der Waals surface area contributed by atoms with Crippen LogP contribution in [0.25, 0.3) is 10.2 Å². The van der Waals surface area contributed by atoms with E-state index in [9.17, 15) is 4.79 Å². The van der Waals surface area contributed by atoms with E-state index in [2.05, 4.69) is 9.97 Å². The van der Waals surface area contributed by atoms with Gasteiger partial charge in [0.05, 0.1) is 4.88 Å². The topological polar surface area (TPSA) is 46.1 Å². The number of nitrogens with zero attached hydrogens (tertiary/aromatic N) is 3. The fourth-order valence-corrected chi connectivity index (χ4v) is 2.67. The lowest BCUT2D eigenvalue weighted by Gasteiger charge is -2.06. The van der Waals surface area contributed by atoms with E-state index in [-0.39, 0.29) is 5.91 Å². The number of hydrogen-bond donors (Lipinski definition) is 0. The number of carbonyl (C=O) groups excluding carboxylic acids is 1. The molecule has 84 valence electrons. The van der Waals surface area contributed by atoms with E-state index < -0.39 is 0 Å². The lowest BCUT2D eigenvalue weighted by molar-refractivity contribution is 0.0832. The van der Waals surface area contributed by atoms with Gasteiger partial charge in [-0.1, -0.05) is 0 Å². The molecule has 0 bridgehead atoms. The molecule has 0 aliphatic carbocycles. The van der Waals surface area contributed by atoms with Crippen LogP contribution >= 0.6 is 11.3 Å². The number of aromatic nitrogens is 2. The molecule has 0 saturated carbocycles. The Labute approximate surface area is 97.9 Å². The number of hydrogen-bond acceptors (Lipinski definition) is 4. The Morgan fingerprint density at radius 2 is 2.00 bits per heavy atom. The highest BCUT2D eigenvalue weighted by Gasteiger charge is 2.14. The fourth-order valence-electron chi connectivity index (χ4n) is 1.52. The number of amides is 1. The van der Waals surface area contributed by atoms with Crippen molar-refractivity contribution in [1.82, 2.24) is 14.9 Å². The van der Waals surface area contributed by atoms with Gasteiger partial charge < -0.3 is 4.90 Å². The first-order chi connectivity index (χ1) is 7.49. The molecular formula is C11H13N3OS. The maximum Gasteiger partial charge on any atom is 0.263 e. The predicted octanol–water partition coefficient (Wildman–Crippen LogP) is 2.01. The minimum atomic E-state index is 0.0139. The maximum absolute atomic E-state index is 11.8. The van der Waals surface area contributed by atoms with Gasteiger partial charge in [0.2, 0.25) is 0 Å². The van der Waals surface area contributed by atoms with Gasteiger partial charge in [-0.3, -0.25) is 4.79 Å². The average Bonchev–Trinajstić information content (AvgIpc) is 2.60. The summed E-state index contributed by atoms with van der Waals surface area (Å²) in [6.07, 6.45) is 0. The third-order valence-corrected chi connectivity index (χ3v) is 3.33. The van der Waals surface area contributed by atoms with Crippen LogP contribution in [0.2, 0.25) is 0 Å². The second-order valence-corrected chi connectivity index (χ2v) is 4.92. The predicted molar refractivity (Wildman–Crippen MR) is 64.9 cm³/mol. The van der Waals surface area contributed by atoms with Gasteiger partial charge in [0.25, 0.3) is 5.91 Å². The number of thiophene rings is 1. The highest BCUT2D eigenvalue weighted by molar-refractivity contribution is 7.20. The SMILES string of the molecule is Cc1nc(C)c2cc(C(=O)N(C)C)sc2n1. The van der Waals surface area contributed by atoms with Crippen molar-refractivity contribution >= 4 is 27.5 Å². The van der Waals surface area contributed by atoms with Crippen molar-refractivity contribution in [2.75, 3.05) is 14.1 Å². The van der Waals surface area contributed by atoms with Crippen LogP contribution in [0, 0.1) is 13.8 Å². The first kappa shape index (κ1) is 11.0. The van der Waals surface area contributed by atoms with Crippen LogP contribution < -0.4 is 0 Å². The Bertz CT molecular complexity index is 560. The summed E-state index contributed by atoms with van der Waals surface area (Å²) in [6, 6.07) is 1.87. The minimum Gasteiger partial charge on any atom is -0.344 e. The zero-order valence-corrected chi connectivity index (χ0v) is 10.6. The molecule has 2 aromatic heterocycles. The van der Waals surface area contributed by atoms with Gasteiger partial charge in [-0.25, -0.2) is 9.97 Å². The minimum absolute atomic E-state index is 0.0139. The first-order valence-electron chi connectivity index (χ1n) is 4.95. The summed E-state index contributed by atoms with van der Waals surface area (Å²) in [5.74, 6) is 0.760. The molecule has 0 saturated heterocycles. The molecule has 0 spiro atoms. The average molecular weight is 235 g/mol. The van der Waals surface area contributed by atoms with Crippen LogP contribution in [0.3, 0.4) is 0 Å². The standard InChI is InChI=1S/C11H13N3OS/c1-6-8-5-9(11(15)14(3)4)16-10(8)13-7(2)12-6/h5H,1-4H3. The van der Waals surface area contributed by atoms with Crippen LogP contribution in [0.15, 0.2) is 6.07 Å². The van der Waals surface area contributed by atoms with Crippen molar-refractivity contribution in [3.63, 3.8) is 0 Å². The van der Waals surface area contributed by atoms with Crippen molar-refractivity contribution in [1.29, 1.82) is 0 Å². The summed E-state index contributed by atoms with van der Waals surface area (Å²) in [5, 5.41) is 0.973. The van der Waals surface area contributed by atoms with Gasteiger partial charge in [-0.15, -0.1) is 11.3 Å². The normalized spacial score (nSPS) is 10.8. The number of aryl methyl sites for hydroxylation is 2. The molecule has 5 heteroatoms. The van der Waals surface area contributed by atoms with Crippen LogP contribution in [-0.4, -0.2) is 34.9 Å². The zero-order valence-electron chi connectivity index (χ0n) is 9.74.